The maximum absolute atomic E-state index is 6.53. The Morgan fingerprint density at radius 1 is 1.26 bits per heavy atom. The molecule has 7 heteroatoms. The lowest BCUT2D eigenvalue weighted by atomic mass is 9.74. The normalized spacial score (nSPS) is 17.0. The van der Waals surface area contributed by atoms with Gasteiger partial charge in [0.15, 0.2) is 5.96 Å². The van der Waals surface area contributed by atoms with Gasteiger partial charge in [-0.05, 0) is 38.3 Å². The van der Waals surface area contributed by atoms with E-state index in [0.717, 1.165) is 54.3 Å². The molecule has 3 rings (SSSR count). The molecule has 2 heterocycles. The Balaban J connectivity index is 1.67. The van der Waals surface area contributed by atoms with Gasteiger partial charge in [0.1, 0.15) is 5.01 Å². The average molecular weight is 407 g/mol. The third kappa shape index (κ3) is 4.81. The van der Waals surface area contributed by atoms with E-state index in [9.17, 15) is 0 Å². The van der Waals surface area contributed by atoms with Gasteiger partial charge >= 0.3 is 0 Å². The molecule has 2 N–H and O–H groups in total. The number of nitrogens with one attached hydrogen (secondary N) is 2. The topological polar surface area (TPSA) is 58.5 Å². The van der Waals surface area contributed by atoms with E-state index in [0.29, 0.717) is 6.54 Å². The summed E-state index contributed by atoms with van der Waals surface area (Å²) < 4.78 is 5.61. The number of thiazole rings is 1. The molecular weight excluding hydrogens is 380 g/mol. The summed E-state index contributed by atoms with van der Waals surface area (Å²) in [6, 6.07) is 8.13. The lowest BCUT2D eigenvalue weighted by molar-refractivity contribution is 0.0514. The minimum absolute atomic E-state index is 0.0530. The molecule has 0 amide bonds. The number of halogens is 1. The van der Waals surface area contributed by atoms with Crippen LogP contribution in [0.3, 0.4) is 0 Å². The Morgan fingerprint density at radius 3 is 2.63 bits per heavy atom. The van der Waals surface area contributed by atoms with Gasteiger partial charge in [0.25, 0.3) is 0 Å². The van der Waals surface area contributed by atoms with Crippen LogP contribution in [-0.2, 0) is 16.7 Å². The molecule has 146 valence electrons. The molecule has 0 aliphatic carbocycles. The number of aryl methyl sites for hydroxylation is 2. The third-order valence-corrected chi connectivity index (χ3v) is 6.60. The summed E-state index contributed by atoms with van der Waals surface area (Å²) in [5, 5.41) is 8.76. The van der Waals surface area contributed by atoms with E-state index in [1.807, 2.05) is 19.1 Å². The van der Waals surface area contributed by atoms with Gasteiger partial charge in [0.2, 0.25) is 0 Å². The minimum atomic E-state index is -0.0530. The zero-order chi connectivity index (χ0) is 19.3. The van der Waals surface area contributed by atoms with Crippen molar-refractivity contribution in [1.29, 1.82) is 0 Å². The summed E-state index contributed by atoms with van der Waals surface area (Å²) in [7, 11) is 1.79. The molecule has 2 aromatic rings. The minimum Gasteiger partial charge on any atom is -0.381 e. The van der Waals surface area contributed by atoms with Crippen molar-refractivity contribution in [1.82, 2.24) is 15.6 Å². The largest absolute Gasteiger partial charge is 0.381 e. The van der Waals surface area contributed by atoms with Gasteiger partial charge < -0.3 is 15.4 Å². The number of guanidine groups is 1. The van der Waals surface area contributed by atoms with Crippen LogP contribution in [0.15, 0.2) is 29.3 Å². The number of aliphatic imine (C=N–C) groups is 1. The lowest BCUT2D eigenvalue weighted by Gasteiger charge is -2.38. The molecule has 1 aromatic heterocycles. The Bertz CT molecular complexity index is 780. The molecule has 0 atom stereocenters. The van der Waals surface area contributed by atoms with Gasteiger partial charge in [-0.25, -0.2) is 4.98 Å². The number of hydrogen-bond acceptors (Lipinski definition) is 4. The van der Waals surface area contributed by atoms with Crippen LogP contribution in [0.25, 0.3) is 0 Å². The summed E-state index contributed by atoms with van der Waals surface area (Å²) in [4.78, 5) is 10.2. The number of ether oxygens (including phenoxy) is 1. The summed E-state index contributed by atoms with van der Waals surface area (Å²) in [5.74, 6) is 0.776. The first-order valence-electron chi connectivity index (χ1n) is 9.24. The van der Waals surface area contributed by atoms with Gasteiger partial charge in [0.05, 0.1) is 12.2 Å². The fourth-order valence-electron chi connectivity index (χ4n) is 3.44. The Kier molecular flexibility index (Phi) is 6.73. The van der Waals surface area contributed by atoms with Crippen molar-refractivity contribution in [2.24, 2.45) is 4.99 Å². The highest BCUT2D eigenvalue weighted by molar-refractivity contribution is 7.11. The molecule has 0 bridgehead atoms. The highest BCUT2D eigenvalue weighted by Gasteiger charge is 2.36. The maximum Gasteiger partial charge on any atom is 0.191 e. The highest BCUT2D eigenvalue weighted by atomic mass is 35.5. The summed E-state index contributed by atoms with van der Waals surface area (Å²) in [6.07, 6.45) is 1.87. The molecule has 0 radical (unpaired) electrons. The summed E-state index contributed by atoms with van der Waals surface area (Å²) >= 11 is 8.25. The van der Waals surface area contributed by atoms with Crippen LogP contribution < -0.4 is 10.6 Å². The van der Waals surface area contributed by atoms with Crippen LogP contribution >= 0.6 is 22.9 Å². The van der Waals surface area contributed by atoms with Crippen molar-refractivity contribution < 1.29 is 4.74 Å². The van der Waals surface area contributed by atoms with Crippen molar-refractivity contribution in [2.45, 2.75) is 38.6 Å². The van der Waals surface area contributed by atoms with Crippen molar-refractivity contribution in [3.63, 3.8) is 0 Å². The zero-order valence-electron chi connectivity index (χ0n) is 16.1. The van der Waals surface area contributed by atoms with E-state index >= 15 is 0 Å². The number of aromatic nitrogens is 1. The second kappa shape index (κ2) is 9.04. The fraction of sp³-hybridized carbons (Fsp3) is 0.500. The molecule has 1 saturated heterocycles. The van der Waals surface area contributed by atoms with E-state index < -0.39 is 0 Å². The summed E-state index contributed by atoms with van der Waals surface area (Å²) in [5.41, 5.74) is 2.23. The lowest BCUT2D eigenvalue weighted by Crippen LogP contribution is -2.48. The quantitative estimate of drug-likeness (QED) is 0.585. The molecule has 1 aliphatic rings. The molecule has 1 fully saturated rings. The van der Waals surface area contributed by atoms with Crippen molar-refractivity contribution in [3.8, 4) is 0 Å². The van der Waals surface area contributed by atoms with E-state index in [2.05, 4.69) is 39.7 Å². The van der Waals surface area contributed by atoms with Crippen molar-refractivity contribution >= 4 is 28.9 Å². The van der Waals surface area contributed by atoms with Crippen LogP contribution in [0.1, 0.15) is 34.0 Å². The molecule has 27 heavy (non-hydrogen) atoms. The maximum atomic E-state index is 6.53. The molecule has 0 saturated carbocycles. The van der Waals surface area contributed by atoms with E-state index in [1.165, 1.54) is 10.4 Å². The van der Waals surface area contributed by atoms with Gasteiger partial charge in [-0.3, -0.25) is 4.99 Å². The van der Waals surface area contributed by atoms with Gasteiger partial charge in [-0.15, -0.1) is 11.3 Å². The number of hydrogen-bond donors (Lipinski definition) is 2. The SMILES string of the molecule is CN=C(NCc1nc(C)c(C)s1)NCC1(c2ccccc2Cl)CCOCC1. The van der Waals surface area contributed by atoms with Gasteiger partial charge in [0, 0.05) is 42.1 Å². The van der Waals surface area contributed by atoms with Crippen LogP contribution in [0.4, 0.5) is 0 Å². The van der Waals surface area contributed by atoms with Crippen LogP contribution in [-0.4, -0.2) is 37.7 Å². The Hall–Kier alpha value is -1.63. The second-order valence-electron chi connectivity index (χ2n) is 6.90. The molecule has 0 unspecified atom stereocenters. The molecular formula is C20H27ClN4OS. The average Bonchev–Trinajstić information content (AvgIpc) is 3.00. The van der Waals surface area contributed by atoms with Crippen LogP contribution in [0, 0.1) is 13.8 Å². The second-order valence-corrected chi connectivity index (χ2v) is 8.60. The predicted octanol–water partition coefficient (Wildman–Crippen LogP) is 3.83. The Morgan fingerprint density at radius 2 is 2.00 bits per heavy atom. The van der Waals surface area contributed by atoms with E-state index in [-0.39, 0.29) is 5.41 Å². The number of nitrogens with zero attached hydrogens (tertiary/aromatic N) is 2. The van der Waals surface area contributed by atoms with E-state index in [4.69, 9.17) is 16.3 Å². The molecule has 1 aliphatic heterocycles. The number of benzene rings is 1. The predicted molar refractivity (Wildman–Crippen MR) is 113 cm³/mol. The number of rotatable bonds is 5. The molecule has 5 nitrogen and oxygen atoms in total. The molecule has 0 spiro atoms. The standard InChI is InChI=1S/C20H27ClN4OS/c1-14-15(2)27-18(25-14)12-23-19(22-3)24-13-20(8-10-26-11-9-20)16-6-4-5-7-17(16)21/h4-7H,8-13H2,1-3H3,(H2,22,23,24). The first-order valence-corrected chi connectivity index (χ1v) is 10.4. The van der Waals surface area contributed by atoms with Gasteiger partial charge in [-0.1, -0.05) is 29.8 Å². The van der Waals surface area contributed by atoms with Crippen LogP contribution in [0.2, 0.25) is 5.02 Å². The van der Waals surface area contributed by atoms with Gasteiger partial charge in [-0.2, -0.15) is 0 Å². The molecule has 1 aromatic carbocycles. The fourth-order valence-corrected chi connectivity index (χ4v) is 4.65. The van der Waals surface area contributed by atoms with Crippen molar-refractivity contribution in [2.75, 3.05) is 26.8 Å². The highest BCUT2D eigenvalue weighted by Crippen LogP contribution is 2.38. The van der Waals surface area contributed by atoms with E-state index in [1.54, 1.807) is 18.4 Å². The monoisotopic (exact) mass is 406 g/mol. The zero-order valence-corrected chi connectivity index (χ0v) is 17.7. The van der Waals surface area contributed by atoms with Crippen LogP contribution in [0.5, 0.6) is 0 Å². The first-order chi connectivity index (χ1) is 13.0. The van der Waals surface area contributed by atoms with Crippen molar-refractivity contribution in [3.05, 3.63) is 50.4 Å². The smallest absolute Gasteiger partial charge is 0.191 e. The third-order valence-electron chi connectivity index (χ3n) is 5.19. The summed E-state index contributed by atoms with van der Waals surface area (Å²) in [6.45, 7) is 7.06. The Labute approximate surface area is 170 Å². The first kappa shape index (κ1) is 20.1.